The third-order valence-corrected chi connectivity index (χ3v) is 3.00. The molecule has 0 aromatic rings. The molecule has 0 aromatic heterocycles. The van der Waals surface area contributed by atoms with Gasteiger partial charge in [0.15, 0.2) is 0 Å². The van der Waals surface area contributed by atoms with E-state index in [9.17, 15) is 9.59 Å². The van der Waals surface area contributed by atoms with Crippen molar-refractivity contribution in [2.75, 3.05) is 0 Å². The molecule has 0 saturated heterocycles. The Morgan fingerprint density at radius 3 is 2.33 bits per heavy atom. The second kappa shape index (κ2) is 8.91. The molecule has 0 aliphatic rings. The first kappa shape index (κ1) is 16.9. The van der Waals surface area contributed by atoms with E-state index in [0.717, 1.165) is 19.3 Å². The Morgan fingerprint density at radius 2 is 1.89 bits per heavy atom. The molecule has 0 heterocycles. The van der Waals surface area contributed by atoms with E-state index in [1.807, 2.05) is 20.8 Å². The summed E-state index contributed by atoms with van der Waals surface area (Å²) in [5, 5.41) is 11.5. The fourth-order valence-electron chi connectivity index (χ4n) is 1.73. The van der Waals surface area contributed by atoms with E-state index in [1.165, 1.54) is 0 Å². The Balaban J connectivity index is 4.01. The molecule has 5 heteroatoms. The first-order valence-electron chi connectivity index (χ1n) is 6.64. The summed E-state index contributed by atoms with van der Waals surface area (Å²) < 4.78 is 0. The number of nitrogens with two attached hydrogens (primary N) is 1. The van der Waals surface area contributed by atoms with Crippen LogP contribution in [-0.2, 0) is 9.59 Å². The van der Waals surface area contributed by atoms with Crippen molar-refractivity contribution in [1.82, 2.24) is 5.32 Å². The van der Waals surface area contributed by atoms with Crippen molar-refractivity contribution in [3.05, 3.63) is 0 Å². The maximum atomic E-state index is 11.8. The van der Waals surface area contributed by atoms with Gasteiger partial charge in [0.05, 0.1) is 6.42 Å². The van der Waals surface area contributed by atoms with Crippen molar-refractivity contribution >= 4 is 11.9 Å². The molecule has 1 amide bonds. The van der Waals surface area contributed by atoms with Crippen LogP contribution in [0.2, 0.25) is 0 Å². The topological polar surface area (TPSA) is 92.4 Å². The van der Waals surface area contributed by atoms with Crippen molar-refractivity contribution in [3.8, 4) is 0 Å². The van der Waals surface area contributed by atoms with Crippen molar-refractivity contribution in [2.24, 2.45) is 11.7 Å². The normalized spacial score (nSPS) is 15.8. The van der Waals surface area contributed by atoms with Crippen molar-refractivity contribution in [1.29, 1.82) is 0 Å². The predicted molar refractivity (Wildman–Crippen MR) is 71.1 cm³/mol. The van der Waals surface area contributed by atoms with Crippen LogP contribution in [0.4, 0.5) is 0 Å². The van der Waals surface area contributed by atoms with E-state index in [1.54, 1.807) is 0 Å². The van der Waals surface area contributed by atoms with Crippen LogP contribution in [0.5, 0.6) is 0 Å². The number of hydrogen-bond donors (Lipinski definition) is 3. The number of nitrogens with one attached hydrogen (secondary N) is 1. The number of rotatable bonds is 9. The van der Waals surface area contributed by atoms with Gasteiger partial charge in [-0.2, -0.15) is 0 Å². The van der Waals surface area contributed by atoms with Crippen LogP contribution in [0, 0.1) is 5.92 Å². The zero-order valence-corrected chi connectivity index (χ0v) is 11.6. The van der Waals surface area contributed by atoms with Crippen molar-refractivity contribution in [3.63, 3.8) is 0 Å². The first-order chi connectivity index (χ1) is 8.36. The van der Waals surface area contributed by atoms with Crippen molar-refractivity contribution in [2.45, 2.75) is 65.0 Å². The van der Waals surface area contributed by atoms with Crippen LogP contribution in [0.3, 0.4) is 0 Å². The van der Waals surface area contributed by atoms with Crippen LogP contribution in [0.15, 0.2) is 0 Å². The van der Waals surface area contributed by atoms with Gasteiger partial charge in [0, 0.05) is 18.0 Å². The number of carboxylic acid groups (broad SMARTS) is 1. The third-order valence-electron chi connectivity index (χ3n) is 3.00. The smallest absolute Gasteiger partial charge is 0.305 e. The number of aliphatic carboxylic acids is 1. The second-order valence-electron chi connectivity index (χ2n) is 5.02. The summed E-state index contributed by atoms with van der Waals surface area (Å²) in [5.74, 6) is -1.04. The molecule has 18 heavy (non-hydrogen) atoms. The number of carboxylic acids is 1. The summed E-state index contributed by atoms with van der Waals surface area (Å²) in [6, 6.07) is -0.110. The van der Waals surface area contributed by atoms with Crippen LogP contribution in [0.1, 0.15) is 52.9 Å². The van der Waals surface area contributed by atoms with E-state index in [-0.39, 0.29) is 30.3 Å². The minimum Gasteiger partial charge on any atom is -0.481 e. The summed E-state index contributed by atoms with van der Waals surface area (Å²) in [5.41, 5.74) is 5.65. The minimum absolute atomic E-state index is 0.0191. The number of carbonyl (C=O) groups excluding carboxylic acids is 1. The van der Waals surface area contributed by atoms with Crippen LogP contribution >= 0.6 is 0 Å². The molecule has 3 unspecified atom stereocenters. The molecule has 0 rings (SSSR count). The molecule has 4 N–H and O–H groups in total. The Bertz CT molecular complexity index is 267. The zero-order chi connectivity index (χ0) is 14.1. The monoisotopic (exact) mass is 258 g/mol. The van der Waals surface area contributed by atoms with E-state index >= 15 is 0 Å². The van der Waals surface area contributed by atoms with E-state index in [0.29, 0.717) is 6.42 Å². The number of carbonyl (C=O) groups is 2. The SMILES string of the molecule is CCC(CC(=O)O)NC(=O)C(C)CCCC(C)N. The lowest BCUT2D eigenvalue weighted by Gasteiger charge is -2.18. The Hall–Kier alpha value is -1.10. The largest absolute Gasteiger partial charge is 0.481 e. The van der Waals surface area contributed by atoms with Gasteiger partial charge in [0.25, 0.3) is 0 Å². The molecular weight excluding hydrogens is 232 g/mol. The molecule has 0 spiro atoms. The summed E-state index contributed by atoms with van der Waals surface area (Å²) in [4.78, 5) is 22.4. The number of hydrogen-bond acceptors (Lipinski definition) is 3. The molecular formula is C13H26N2O3. The first-order valence-corrected chi connectivity index (χ1v) is 6.64. The van der Waals surface area contributed by atoms with Gasteiger partial charge in [-0.05, 0) is 26.2 Å². The van der Waals surface area contributed by atoms with E-state index < -0.39 is 5.97 Å². The summed E-state index contributed by atoms with van der Waals surface area (Å²) in [6.07, 6.45) is 3.22. The quantitative estimate of drug-likeness (QED) is 0.584. The van der Waals surface area contributed by atoms with E-state index in [2.05, 4.69) is 5.32 Å². The maximum absolute atomic E-state index is 11.8. The third kappa shape index (κ3) is 8.06. The molecule has 0 radical (unpaired) electrons. The average Bonchev–Trinajstić information content (AvgIpc) is 2.26. The zero-order valence-electron chi connectivity index (χ0n) is 11.6. The standard InChI is InChI=1S/C13H26N2O3/c1-4-11(8-12(16)17)15-13(18)9(2)6-5-7-10(3)14/h9-11H,4-8,14H2,1-3H3,(H,15,18)(H,16,17). The fraction of sp³-hybridized carbons (Fsp3) is 0.846. The summed E-state index contributed by atoms with van der Waals surface area (Å²) in [7, 11) is 0. The fourth-order valence-corrected chi connectivity index (χ4v) is 1.73. The van der Waals surface area contributed by atoms with Gasteiger partial charge in [0.2, 0.25) is 5.91 Å². The molecule has 0 saturated carbocycles. The highest BCUT2D eigenvalue weighted by Gasteiger charge is 2.18. The highest BCUT2D eigenvalue weighted by atomic mass is 16.4. The van der Waals surface area contributed by atoms with Crippen molar-refractivity contribution < 1.29 is 14.7 Å². The predicted octanol–water partition coefficient (Wildman–Crippen LogP) is 1.51. The lowest BCUT2D eigenvalue weighted by atomic mass is 10.0. The molecule has 5 nitrogen and oxygen atoms in total. The van der Waals surface area contributed by atoms with Gasteiger partial charge >= 0.3 is 5.97 Å². The molecule has 0 aromatic carbocycles. The summed E-state index contributed by atoms with van der Waals surface area (Å²) >= 11 is 0. The summed E-state index contributed by atoms with van der Waals surface area (Å²) in [6.45, 7) is 5.68. The van der Waals surface area contributed by atoms with Crippen LogP contribution < -0.4 is 11.1 Å². The van der Waals surface area contributed by atoms with Gasteiger partial charge in [-0.25, -0.2) is 0 Å². The Labute approximate surface area is 109 Å². The van der Waals surface area contributed by atoms with Gasteiger partial charge < -0.3 is 16.2 Å². The average molecular weight is 258 g/mol. The second-order valence-corrected chi connectivity index (χ2v) is 5.02. The maximum Gasteiger partial charge on any atom is 0.305 e. The lowest BCUT2D eigenvalue weighted by molar-refractivity contribution is -0.137. The highest BCUT2D eigenvalue weighted by Crippen LogP contribution is 2.10. The molecule has 0 bridgehead atoms. The Kier molecular flexibility index (Phi) is 8.37. The van der Waals surface area contributed by atoms with Gasteiger partial charge in [-0.3, -0.25) is 9.59 Å². The molecule has 0 fully saturated rings. The van der Waals surface area contributed by atoms with Crippen LogP contribution in [-0.4, -0.2) is 29.1 Å². The lowest BCUT2D eigenvalue weighted by Crippen LogP contribution is -2.39. The van der Waals surface area contributed by atoms with Gasteiger partial charge in [0.1, 0.15) is 0 Å². The van der Waals surface area contributed by atoms with Crippen LogP contribution in [0.25, 0.3) is 0 Å². The molecule has 106 valence electrons. The molecule has 0 aliphatic carbocycles. The minimum atomic E-state index is -0.883. The molecule has 0 aliphatic heterocycles. The van der Waals surface area contributed by atoms with Gasteiger partial charge in [-0.15, -0.1) is 0 Å². The van der Waals surface area contributed by atoms with Gasteiger partial charge in [-0.1, -0.05) is 20.3 Å². The number of amides is 1. The Morgan fingerprint density at radius 1 is 1.28 bits per heavy atom. The van der Waals surface area contributed by atoms with E-state index in [4.69, 9.17) is 10.8 Å². The highest BCUT2D eigenvalue weighted by molar-refractivity contribution is 5.79. The molecule has 3 atom stereocenters.